The molecule has 0 atom stereocenters. The number of rotatable bonds is 4. The van der Waals surface area contributed by atoms with Crippen LogP contribution in [-0.4, -0.2) is 34.0 Å². The molecule has 0 unspecified atom stereocenters. The molecule has 0 aliphatic carbocycles. The predicted octanol–water partition coefficient (Wildman–Crippen LogP) is 4.34. The lowest BCUT2D eigenvalue weighted by atomic mass is 10.0. The second-order valence-corrected chi connectivity index (χ2v) is 7.15. The van der Waals surface area contributed by atoms with Crippen LogP contribution >= 0.6 is 24.0 Å². The molecule has 1 aromatic heterocycles. The summed E-state index contributed by atoms with van der Waals surface area (Å²) in [7, 11) is 0. The fourth-order valence-corrected chi connectivity index (χ4v) is 3.44. The summed E-state index contributed by atoms with van der Waals surface area (Å²) in [5.74, 6) is -0.776. The maximum Gasteiger partial charge on any atom is 0.277 e. The number of benzene rings is 2. The lowest BCUT2D eigenvalue weighted by molar-refractivity contribution is 0.102. The van der Waals surface area contributed by atoms with E-state index in [1.54, 1.807) is 35.1 Å². The van der Waals surface area contributed by atoms with Crippen molar-refractivity contribution in [3.63, 3.8) is 0 Å². The monoisotopic (exact) mass is 435 g/mol. The third kappa shape index (κ3) is 4.93. The quantitative estimate of drug-likeness (QED) is 0.639. The number of carbonyl (C=O) groups is 1. The highest BCUT2D eigenvalue weighted by Gasteiger charge is 2.19. The lowest BCUT2D eigenvalue weighted by Crippen LogP contribution is -2.29. The number of hydrogen-bond acceptors (Lipinski definition) is 4. The lowest BCUT2D eigenvalue weighted by Gasteiger charge is -2.22. The van der Waals surface area contributed by atoms with Crippen molar-refractivity contribution in [1.29, 1.82) is 0 Å². The van der Waals surface area contributed by atoms with Gasteiger partial charge < -0.3 is 10.6 Å². The molecule has 6 nitrogen and oxygen atoms in total. The fraction of sp³-hybridized carbons (Fsp3) is 0.250. The summed E-state index contributed by atoms with van der Waals surface area (Å²) in [6.45, 7) is 1.85. The first kappa shape index (κ1) is 21.2. The van der Waals surface area contributed by atoms with Crippen LogP contribution in [0, 0.1) is 5.82 Å². The van der Waals surface area contributed by atoms with E-state index in [0.29, 0.717) is 16.3 Å². The van der Waals surface area contributed by atoms with Gasteiger partial charge >= 0.3 is 0 Å². The highest BCUT2D eigenvalue weighted by molar-refractivity contribution is 6.30. The number of carbonyl (C=O) groups excluding carboxylic acids is 1. The Hall–Kier alpha value is -2.48. The minimum atomic E-state index is -0.389. The summed E-state index contributed by atoms with van der Waals surface area (Å²) in [5.41, 5.74) is 2.03. The van der Waals surface area contributed by atoms with Gasteiger partial charge in [-0.05, 0) is 61.8 Å². The Bertz CT molecular complexity index is 987. The molecule has 1 amide bonds. The molecule has 0 bridgehead atoms. The zero-order valence-corrected chi connectivity index (χ0v) is 17.0. The van der Waals surface area contributed by atoms with Gasteiger partial charge in [0.15, 0.2) is 5.69 Å². The molecule has 0 saturated carbocycles. The molecule has 0 radical (unpaired) electrons. The van der Waals surface area contributed by atoms with E-state index in [9.17, 15) is 9.18 Å². The minimum Gasteiger partial charge on any atom is -0.320 e. The minimum absolute atomic E-state index is 0. The summed E-state index contributed by atoms with van der Waals surface area (Å²) in [6.07, 6.45) is 3.56. The molecule has 152 valence electrons. The first-order chi connectivity index (χ1) is 13.6. The van der Waals surface area contributed by atoms with Gasteiger partial charge in [-0.25, -0.2) is 9.07 Å². The first-order valence-electron chi connectivity index (χ1n) is 9.09. The van der Waals surface area contributed by atoms with Crippen molar-refractivity contribution in [2.24, 2.45) is 0 Å². The average Bonchev–Trinajstić information content (AvgIpc) is 3.21. The maximum atomic E-state index is 13.8. The summed E-state index contributed by atoms with van der Waals surface area (Å²) in [6, 6.07) is 11.5. The smallest absolute Gasteiger partial charge is 0.277 e. The molecular formula is C20H20Cl2FN5O. The van der Waals surface area contributed by atoms with Gasteiger partial charge in [-0.3, -0.25) is 4.79 Å². The van der Waals surface area contributed by atoms with Crippen LogP contribution in [0.1, 0.15) is 29.4 Å². The molecule has 3 aromatic rings. The standard InChI is InChI=1S/C20H19ClFN5O.ClH/c21-14-3-1-13(2-4-14)17-11-15(22)5-6-18(17)24-20(28)19-12-27(26-25-19)16-7-9-23-10-8-16;/h1-6,11-12,16,23H,7-10H2,(H,24,28);1H. The molecule has 1 aliphatic heterocycles. The third-order valence-corrected chi connectivity index (χ3v) is 5.06. The summed E-state index contributed by atoms with van der Waals surface area (Å²) in [5, 5.41) is 14.8. The second kappa shape index (κ2) is 9.35. The molecular weight excluding hydrogens is 416 g/mol. The molecule has 29 heavy (non-hydrogen) atoms. The second-order valence-electron chi connectivity index (χ2n) is 6.72. The maximum absolute atomic E-state index is 13.8. The number of nitrogens with one attached hydrogen (secondary N) is 2. The molecule has 1 saturated heterocycles. The number of halogens is 3. The number of piperidine rings is 1. The van der Waals surface area contributed by atoms with Crippen LogP contribution in [0.5, 0.6) is 0 Å². The van der Waals surface area contributed by atoms with Crippen molar-refractivity contribution >= 4 is 35.6 Å². The topological polar surface area (TPSA) is 71.8 Å². The van der Waals surface area contributed by atoms with Gasteiger partial charge in [0.25, 0.3) is 5.91 Å². The zero-order valence-electron chi connectivity index (χ0n) is 15.4. The predicted molar refractivity (Wildman–Crippen MR) is 113 cm³/mol. The van der Waals surface area contributed by atoms with Crippen molar-refractivity contribution in [2.45, 2.75) is 18.9 Å². The van der Waals surface area contributed by atoms with Crippen molar-refractivity contribution in [1.82, 2.24) is 20.3 Å². The van der Waals surface area contributed by atoms with Gasteiger partial charge in [0.1, 0.15) is 5.82 Å². The van der Waals surface area contributed by atoms with Gasteiger partial charge in [0.05, 0.1) is 12.2 Å². The van der Waals surface area contributed by atoms with Crippen LogP contribution in [-0.2, 0) is 0 Å². The van der Waals surface area contributed by atoms with E-state index in [0.717, 1.165) is 31.5 Å². The Morgan fingerprint density at radius 1 is 1.17 bits per heavy atom. The van der Waals surface area contributed by atoms with E-state index in [1.807, 2.05) is 0 Å². The molecule has 2 aromatic carbocycles. The Labute approximate surface area is 178 Å². The van der Waals surface area contributed by atoms with Crippen LogP contribution in [0.15, 0.2) is 48.7 Å². The van der Waals surface area contributed by atoms with Gasteiger partial charge in [-0.2, -0.15) is 0 Å². The number of aromatic nitrogens is 3. The SMILES string of the molecule is Cl.O=C(Nc1ccc(F)cc1-c1ccc(Cl)cc1)c1cn(C2CCNCC2)nn1. The van der Waals surface area contributed by atoms with Crippen molar-refractivity contribution in [3.8, 4) is 11.1 Å². The number of amides is 1. The van der Waals surface area contributed by atoms with Crippen molar-refractivity contribution in [2.75, 3.05) is 18.4 Å². The molecule has 1 fully saturated rings. The van der Waals surface area contributed by atoms with E-state index >= 15 is 0 Å². The van der Waals surface area contributed by atoms with E-state index in [4.69, 9.17) is 11.6 Å². The Morgan fingerprint density at radius 3 is 2.62 bits per heavy atom. The van der Waals surface area contributed by atoms with E-state index < -0.39 is 0 Å². The molecule has 4 rings (SSSR count). The van der Waals surface area contributed by atoms with Crippen molar-refractivity contribution in [3.05, 3.63) is 65.2 Å². The van der Waals surface area contributed by atoms with Gasteiger partial charge in [0.2, 0.25) is 0 Å². The molecule has 0 spiro atoms. The Morgan fingerprint density at radius 2 is 1.90 bits per heavy atom. The fourth-order valence-electron chi connectivity index (χ4n) is 3.31. The van der Waals surface area contributed by atoms with Crippen LogP contribution in [0.4, 0.5) is 10.1 Å². The normalized spacial score (nSPS) is 14.3. The summed E-state index contributed by atoms with van der Waals surface area (Å²) >= 11 is 5.94. The van der Waals surface area contributed by atoms with Crippen molar-refractivity contribution < 1.29 is 9.18 Å². The molecule has 2 N–H and O–H groups in total. The van der Waals surface area contributed by atoms with E-state index in [-0.39, 0.29) is 35.9 Å². The van der Waals surface area contributed by atoms with E-state index in [1.165, 1.54) is 18.2 Å². The van der Waals surface area contributed by atoms with Crippen LogP contribution in [0.2, 0.25) is 5.02 Å². The zero-order chi connectivity index (χ0) is 19.5. The Balaban J connectivity index is 0.00000240. The molecule has 1 aliphatic rings. The number of hydrogen-bond donors (Lipinski definition) is 2. The van der Waals surface area contributed by atoms with Crippen LogP contribution < -0.4 is 10.6 Å². The highest BCUT2D eigenvalue weighted by atomic mass is 35.5. The number of nitrogens with zero attached hydrogens (tertiary/aromatic N) is 3. The molecule has 2 heterocycles. The average molecular weight is 436 g/mol. The largest absolute Gasteiger partial charge is 0.320 e. The molecule has 9 heteroatoms. The highest BCUT2D eigenvalue weighted by Crippen LogP contribution is 2.30. The third-order valence-electron chi connectivity index (χ3n) is 4.81. The summed E-state index contributed by atoms with van der Waals surface area (Å²) < 4.78 is 15.6. The van der Waals surface area contributed by atoms with Gasteiger partial charge in [0, 0.05) is 16.3 Å². The Kier molecular flexibility index (Phi) is 6.84. The summed E-state index contributed by atoms with van der Waals surface area (Å²) in [4.78, 5) is 12.7. The van der Waals surface area contributed by atoms with Gasteiger partial charge in [-0.1, -0.05) is 28.9 Å². The van der Waals surface area contributed by atoms with E-state index in [2.05, 4.69) is 20.9 Å². The van der Waals surface area contributed by atoms with Gasteiger partial charge in [-0.15, -0.1) is 17.5 Å². The van der Waals surface area contributed by atoms with Crippen LogP contribution in [0.3, 0.4) is 0 Å². The number of anilines is 1. The van der Waals surface area contributed by atoms with Crippen LogP contribution in [0.25, 0.3) is 11.1 Å². The first-order valence-corrected chi connectivity index (χ1v) is 9.47.